The molecule has 1 heterocycles. The second kappa shape index (κ2) is 5.99. The van der Waals surface area contributed by atoms with Crippen molar-refractivity contribution < 1.29 is 14.3 Å². The van der Waals surface area contributed by atoms with Crippen LogP contribution in [-0.4, -0.2) is 34.1 Å². The zero-order valence-corrected chi connectivity index (χ0v) is 14.8. The first-order valence-electron chi connectivity index (χ1n) is 9.77. The Bertz CT molecular complexity index is 735. The SMILES string of the molecule is O=C(COc1cc(OC2CC2)[nH]c(=O)n1)NC12CC3CC(CC(C3)C1)C2. The second-order valence-electron chi connectivity index (χ2n) is 8.74. The Hall–Kier alpha value is -2.05. The number of rotatable bonds is 6. The summed E-state index contributed by atoms with van der Waals surface area (Å²) >= 11 is 0. The van der Waals surface area contributed by atoms with E-state index in [-0.39, 0.29) is 30.0 Å². The summed E-state index contributed by atoms with van der Waals surface area (Å²) in [7, 11) is 0. The van der Waals surface area contributed by atoms with Gasteiger partial charge in [-0.15, -0.1) is 0 Å². The monoisotopic (exact) mass is 359 g/mol. The minimum Gasteiger partial charge on any atom is -0.475 e. The highest BCUT2D eigenvalue weighted by molar-refractivity contribution is 5.78. The van der Waals surface area contributed by atoms with Crippen molar-refractivity contribution in [3.8, 4) is 11.8 Å². The summed E-state index contributed by atoms with van der Waals surface area (Å²) in [5.41, 5.74) is -0.559. The zero-order chi connectivity index (χ0) is 17.7. The van der Waals surface area contributed by atoms with Crippen LogP contribution in [0.5, 0.6) is 11.8 Å². The maximum atomic E-state index is 12.5. The molecule has 0 unspecified atom stereocenters. The molecular weight excluding hydrogens is 334 g/mol. The summed E-state index contributed by atoms with van der Waals surface area (Å²) < 4.78 is 11.1. The third kappa shape index (κ3) is 3.31. The molecule has 0 spiro atoms. The third-order valence-corrected chi connectivity index (χ3v) is 6.31. The molecule has 4 bridgehead atoms. The molecule has 1 aromatic rings. The smallest absolute Gasteiger partial charge is 0.351 e. The predicted octanol–water partition coefficient (Wildman–Crippen LogP) is 1.77. The van der Waals surface area contributed by atoms with Crippen molar-refractivity contribution in [2.45, 2.75) is 63.0 Å². The average molecular weight is 359 g/mol. The number of hydrogen-bond acceptors (Lipinski definition) is 5. The fraction of sp³-hybridized carbons (Fsp3) is 0.737. The van der Waals surface area contributed by atoms with E-state index in [1.54, 1.807) is 0 Å². The molecule has 0 aromatic carbocycles. The molecule has 0 saturated heterocycles. The van der Waals surface area contributed by atoms with Gasteiger partial charge >= 0.3 is 5.69 Å². The molecule has 0 atom stereocenters. The van der Waals surface area contributed by atoms with Crippen LogP contribution in [0, 0.1) is 17.8 Å². The van der Waals surface area contributed by atoms with E-state index in [1.165, 1.54) is 25.3 Å². The maximum Gasteiger partial charge on any atom is 0.351 e. The number of hydrogen-bond donors (Lipinski definition) is 2. The van der Waals surface area contributed by atoms with E-state index in [4.69, 9.17) is 9.47 Å². The lowest BCUT2D eigenvalue weighted by molar-refractivity contribution is -0.128. The van der Waals surface area contributed by atoms with Gasteiger partial charge in [-0.3, -0.25) is 9.78 Å². The van der Waals surface area contributed by atoms with E-state index in [2.05, 4.69) is 15.3 Å². The average Bonchev–Trinajstić information content (AvgIpc) is 3.34. The second-order valence-corrected chi connectivity index (χ2v) is 8.74. The molecule has 1 aromatic heterocycles. The van der Waals surface area contributed by atoms with Gasteiger partial charge in [-0.2, -0.15) is 4.98 Å². The Morgan fingerprint density at radius 3 is 2.46 bits per heavy atom. The Morgan fingerprint density at radius 1 is 1.19 bits per heavy atom. The van der Waals surface area contributed by atoms with Crippen LogP contribution in [0.25, 0.3) is 0 Å². The Morgan fingerprint density at radius 2 is 1.85 bits per heavy atom. The normalized spacial score (nSPS) is 34.5. The van der Waals surface area contributed by atoms with E-state index in [0.717, 1.165) is 49.9 Å². The Labute approximate surface area is 151 Å². The molecule has 140 valence electrons. The summed E-state index contributed by atoms with van der Waals surface area (Å²) in [6.07, 6.45) is 9.49. The van der Waals surface area contributed by atoms with Crippen molar-refractivity contribution in [1.29, 1.82) is 0 Å². The summed E-state index contributed by atoms with van der Waals surface area (Å²) in [6, 6.07) is 1.54. The Balaban J connectivity index is 1.20. The van der Waals surface area contributed by atoms with E-state index < -0.39 is 5.69 Å². The molecule has 7 heteroatoms. The van der Waals surface area contributed by atoms with Crippen molar-refractivity contribution in [3.63, 3.8) is 0 Å². The van der Waals surface area contributed by atoms with Crippen molar-refractivity contribution in [1.82, 2.24) is 15.3 Å². The number of carbonyl (C=O) groups is 1. The molecule has 5 aliphatic rings. The zero-order valence-electron chi connectivity index (χ0n) is 14.8. The molecule has 0 aliphatic heterocycles. The summed E-state index contributed by atoms with van der Waals surface area (Å²) in [6.45, 7) is -0.124. The van der Waals surface area contributed by atoms with Gasteiger partial charge in [0.15, 0.2) is 6.61 Å². The maximum absolute atomic E-state index is 12.5. The van der Waals surface area contributed by atoms with Crippen LogP contribution < -0.4 is 20.5 Å². The molecule has 2 N–H and O–H groups in total. The lowest BCUT2D eigenvalue weighted by atomic mass is 9.53. The van der Waals surface area contributed by atoms with Gasteiger partial charge in [-0.25, -0.2) is 4.79 Å². The molecule has 5 aliphatic carbocycles. The van der Waals surface area contributed by atoms with Crippen LogP contribution in [-0.2, 0) is 4.79 Å². The topological polar surface area (TPSA) is 93.3 Å². The van der Waals surface area contributed by atoms with Crippen LogP contribution in [0.1, 0.15) is 51.4 Å². The van der Waals surface area contributed by atoms with Crippen LogP contribution in [0.2, 0.25) is 0 Å². The third-order valence-electron chi connectivity index (χ3n) is 6.31. The first kappa shape index (κ1) is 16.1. The van der Waals surface area contributed by atoms with E-state index >= 15 is 0 Å². The highest BCUT2D eigenvalue weighted by Gasteiger charge is 2.51. The highest BCUT2D eigenvalue weighted by atomic mass is 16.5. The van der Waals surface area contributed by atoms with Crippen molar-refractivity contribution >= 4 is 5.91 Å². The van der Waals surface area contributed by atoms with Gasteiger partial charge in [0, 0.05) is 5.54 Å². The van der Waals surface area contributed by atoms with Gasteiger partial charge < -0.3 is 14.8 Å². The minimum absolute atomic E-state index is 0.0307. The van der Waals surface area contributed by atoms with Crippen LogP contribution >= 0.6 is 0 Å². The van der Waals surface area contributed by atoms with Crippen LogP contribution in [0.4, 0.5) is 0 Å². The number of ether oxygens (including phenoxy) is 2. The first-order valence-corrected chi connectivity index (χ1v) is 9.77. The number of amides is 1. The number of nitrogens with one attached hydrogen (secondary N) is 2. The fourth-order valence-corrected chi connectivity index (χ4v) is 5.65. The fourth-order valence-electron chi connectivity index (χ4n) is 5.65. The predicted molar refractivity (Wildman–Crippen MR) is 93.0 cm³/mol. The lowest BCUT2D eigenvalue weighted by Crippen LogP contribution is -2.60. The van der Waals surface area contributed by atoms with Crippen molar-refractivity contribution in [3.05, 3.63) is 16.6 Å². The summed E-state index contributed by atoms with van der Waals surface area (Å²) in [5.74, 6) is 2.68. The van der Waals surface area contributed by atoms with Crippen molar-refractivity contribution in [2.75, 3.05) is 6.61 Å². The number of H-pyrrole nitrogens is 1. The minimum atomic E-state index is -0.528. The molecule has 5 fully saturated rings. The van der Waals surface area contributed by atoms with Crippen LogP contribution in [0.15, 0.2) is 10.9 Å². The first-order chi connectivity index (χ1) is 12.6. The summed E-state index contributed by atoms with van der Waals surface area (Å²) in [5, 5.41) is 3.26. The van der Waals surface area contributed by atoms with Gasteiger partial charge in [-0.1, -0.05) is 0 Å². The molecule has 0 radical (unpaired) electrons. The number of aromatic amines is 1. The van der Waals surface area contributed by atoms with Gasteiger partial charge in [0.1, 0.15) is 6.10 Å². The van der Waals surface area contributed by atoms with Crippen LogP contribution in [0.3, 0.4) is 0 Å². The van der Waals surface area contributed by atoms with E-state index in [0.29, 0.717) is 5.88 Å². The standard InChI is InChI=1S/C19H25N3O4/c23-15(22-19-7-11-3-12(8-19)5-13(4-11)9-19)10-25-16-6-17(21-18(24)20-16)26-14-1-2-14/h6,11-14H,1-5,7-10H2,(H,22,23)(H,20,21,24). The van der Waals surface area contributed by atoms with Gasteiger partial charge in [0.2, 0.25) is 11.8 Å². The Kier molecular flexibility index (Phi) is 3.72. The molecular formula is C19H25N3O4. The largest absolute Gasteiger partial charge is 0.475 e. The molecule has 1 amide bonds. The number of aromatic nitrogens is 2. The van der Waals surface area contributed by atoms with E-state index in [9.17, 15) is 9.59 Å². The quantitative estimate of drug-likeness (QED) is 0.807. The van der Waals surface area contributed by atoms with Gasteiger partial charge in [0.05, 0.1) is 6.07 Å². The highest BCUT2D eigenvalue weighted by Crippen LogP contribution is 2.55. The number of nitrogens with zero attached hydrogens (tertiary/aromatic N) is 1. The van der Waals surface area contributed by atoms with Crippen molar-refractivity contribution in [2.24, 2.45) is 17.8 Å². The molecule has 5 saturated carbocycles. The summed E-state index contributed by atoms with van der Waals surface area (Å²) in [4.78, 5) is 30.4. The van der Waals surface area contributed by atoms with Gasteiger partial charge in [0.25, 0.3) is 5.91 Å². The molecule has 26 heavy (non-hydrogen) atoms. The lowest BCUT2D eigenvalue weighted by Gasteiger charge is -2.56. The molecule has 6 rings (SSSR count). The van der Waals surface area contributed by atoms with E-state index in [1.807, 2.05) is 0 Å². The molecule has 7 nitrogen and oxygen atoms in total. The number of carbonyl (C=O) groups excluding carboxylic acids is 1. The van der Waals surface area contributed by atoms with Gasteiger partial charge in [-0.05, 0) is 69.1 Å².